The second-order valence-electron chi connectivity index (χ2n) is 7.82. The number of morpholine rings is 1. The molecule has 0 saturated carbocycles. The number of piperazine rings is 1. The Balaban J connectivity index is 1.46. The summed E-state index contributed by atoms with van der Waals surface area (Å²) in [6, 6.07) is 5.96. The van der Waals surface area contributed by atoms with Crippen LogP contribution in [-0.2, 0) is 20.7 Å². The minimum Gasteiger partial charge on any atom is -0.378 e. The highest BCUT2D eigenvalue weighted by Gasteiger charge is 2.36. The van der Waals surface area contributed by atoms with Gasteiger partial charge in [0.25, 0.3) is 0 Å². The maximum Gasteiger partial charge on any atom is 0.320 e. The smallest absolute Gasteiger partial charge is 0.320 e. The number of para-hydroxylation sites is 1. The number of hydrogen-bond donors (Lipinski definition) is 4. The summed E-state index contributed by atoms with van der Waals surface area (Å²) in [5.74, 6) is -1.01. The first kappa shape index (κ1) is 21.1. The number of nitrogens with two attached hydrogens (primary N) is 1. The Morgan fingerprint density at radius 2 is 1.97 bits per heavy atom. The van der Waals surface area contributed by atoms with E-state index in [1.54, 1.807) is 9.80 Å². The van der Waals surface area contributed by atoms with Crippen LogP contribution >= 0.6 is 0 Å². The van der Waals surface area contributed by atoms with Gasteiger partial charge in [0, 0.05) is 56.2 Å². The summed E-state index contributed by atoms with van der Waals surface area (Å²) in [5.41, 5.74) is 7.45. The fourth-order valence-electron chi connectivity index (χ4n) is 4.11. The van der Waals surface area contributed by atoms with E-state index >= 15 is 0 Å². The van der Waals surface area contributed by atoms with Gasteiger partial charge < -0.3 is 35.9 Å². The van der Waals surface area contributed by atoms with Crippen molar-refractivity contribution in [1.82, 2.24) is 25.4 Å². The number of benzene rings is 1. The third-order valence-corrected chi connectivity index (χ3v) is 5.83. The Morgan fingerprint density at radius 1 is 1.19 bits per heavy atom. The zero-order chi connectivity index (χ0) is 21.8. The van der Waals surface area contributed by atoms with Crippen LogP contribution in [0.15, 0.2) is 30.5 Å². The second kappa shape index (κ2) is 9.36. The predicted molar refractivity (Wildman–Crippen MR) is 114 cm³/mol. The normalized spacial score (nSPS) is 20.5. The molecule has 0 spiro atoms. The summed E-state index contributed by atoms with van der Waals surface area (Å²) in [4.78, 5) is 44.6. The number of primary amides is 1. The maximum atomic E-state index is 13.1. The topological polar surface area (TPSA) is 133 Å². The largest absolute Gasteiger partial charge is 0.378 e. The fourth-order valence-corrected chi connectivity index (χ4v) is 4.11. The van der Waals surface area contributed by atoms with Crippen molar-refractivity contribution in [2.75, 3.05) is 45.9 Å². The number of amides is 4. The van der Waals surface area contributed by atoms with Gasteiger partial charge >= 0.3 is 6.03 Å². The van der Waals surface area contributed by atoms with Crippen LogP contribution in [0.1, 0.15) is 5.56 Å². The van der Waals surface area contributed by atoms with Gasteiger partial charge in [0.2, 0.25) is 11.8 Å². The van der Waals surface area contributed by atoms with Crippen molar-refractivity contribution < 1.29 is 19.1 Å². The van der Waals surface area contributed by atoms with Gasteiger partial charge in [-0.05, 0) is 11.6 Å². The lowest BCUT2D eigenvalue weighted by molar-refractivity contribution is -0.130. The molecule has 10 nitrogen and oxygen atoms in total. The molecule has 0 bridgehead atoms. The monoisotopic (exact) mass is 428 g/mol. The lowest BCUT2D eigenvalue weighted by Gasteiger charge is -2.39. The van der Waals surface area contributed by atoms with Crippen molar-refractivity contribution in [2.45, 2.75) is 18.5 Å². The molecule has 2 fully saturated rings. The number of rotatable bonds is 5. The standard InChI is InChI=1S/C21H28N6O4/c22-19(28)17(11-14-12-24-16-4-2-1-3-15(14)16)25-20(29)18-13-23-5-6-27(18)21(30)26-7-9-31-10-8-26/h1-4,12,17-18,23-24H,5-11,13H2,(H2,22,28)(H,25,29)/t17-,18-/m1/s1. The number of urea groups is 1. The quantitative estimate of drug-likeness (QED) is 0.505. The zero-order valence-electron chi connectivity index (χ0n) is 17.3. The number of aromatic amines is 1. The van der Waals surface area contributed by atoms with E-state index < -0.39 is 23.9 Å². The number of carbonyl (C=O) groups excluding carboxylic acids is 3. The molecule has 2 aromatic rings. The third-order valence-electron chi connectivity index (χ3n) is 5.83. The van der Waals surface area contributed by atoms with E-state index in [0.29, 0.717) is 45.9 Å². The zero-order valence-corrected chi connectivity index (χ0v) is 17.3. The summed E-state index contributed by atoms with van der Waals surface area (Å²) >= 11 is 0. The lowest BCUT2D eigenvalue weighted by Crippen LogP contribution is -2.64. The van der Waals surface area contributed by atoms with Gasteiger partial charge in [0.05, 0.1) is 13.2 Å². The Morgan fingerprint density at radius 3 is 2.74 bits per heavy atom. The predicted octanol–water partition coefficient (Wildman–Crippen LogP) is -0.593. The van der Waals surface area contributed by atoms with Crippen molar-refractivity contribution >= 4 is 28.7 Å². The van der Waals surface area contributed by atoms with Crippen molar-refractivity contribution in [1.29, 1.82) is 0 Å². The molecule has 2 aliphatic heterocycles. The van der Waals surface area contributed by atoms with Gasteiger partial charge in [-0.3, -0.25) is 9.59 Å². The van der Waals surface area contributed by atoms with E-state index in [4.69, 9.17) is 10.5 Å². The fraction of sp³-hybridized carbons (Fsp3) is 0.476. The molecule has 1 aromatic carbocycles. The van der Waals surface area contributed by atoms with E-state index in [1.165, 1.54) is 0 Å². The molecular weight excluding hydrogens is 400 g/mol. The van der Waals surface area contributed by atoms with E-state index in [2.05, 4.69) is 15.6 Å². The number of hydrogen-bond acceptors (Lipinski definition) is 5. The number of H-pyrrole nitrogens is 1. The van der Waals surface area contributed by atoms with E-state index in [-0.39, 0.29) is 12.5 Å². The van der Waals surface area contributed by atoms with Crippen LogP contribution in [0.5, 0.6) is 0 Å². The van der Waals surface area contributed by atoms with E-state index in [0.717, 1.165) is 16.5 Å². The molecule has 2 saturated heterocycles. The number of nitrogens with zero attached hydrogens (tertiary/aromatic N) is 2. The highest BCUT2D eigenvalue weighted by molar-refractivity contribution is 5.92. The minimum atomic E-state index is -0.881. The van der Waals surface area contributed by atoms with Crippen LogP contribution in [0, 0.1) is 0 Å². The average Bonchev–Trinajstić information content (AvgIpc) is 3.21. The van der Waals surface area contributed by atoms with Gasteiger partial charge in [0.1, 0.15) is 12.1 Å². The molecule has 2 aliphatic rings. The molecule has 0 unspecified atom stereocenters. The average molecular weight is 428 g/mol. The third kappa shape index (κ3) is 4.64. The summed E-state index contributed by atoms with van der Waals surface area (Å²) in [7, 11) is 0. The van der Waals surface area contributed by atoms with E-state index in [9.17, 15) is 14.4 Å². The van der Waals surface area contributed by atoms with Gasteiger partial charge in [-0.25, -0.2) is 4.79 Å². The number of nitrogens with one attached hydrogen (secondary N) is 3. The van der Waals surface area contributed by atoms with Gasteiger partial charge in [-0.2, -0.15) is 0 Å². The first-order chi connectivity index (χ1) is 15.0. The summed E-state index contributed by atoms with van der Waals surface area (Å²) in [6.45, 7) is 3.32. The first-order valence-electron chi connectivity index (χ1n) is 10.5. The molecule has 5 N–H and O–H groups in total. The highest BCUT2D eigenvalue weighted by atomic mass is 16.5. The molecule has 2 atom stereocenters. The van der Waals surface area contributed by atoms with E-state index in [1.807, 2.05) is 30.5 Å². The minimum absolute atomic E-state index is 0.183. The van der Waals surface area contributed by atoms with Crippen molar-refractivity contribution in [3.63, 3.8) is 0 Å². The number of fused-ring (bicyclic) bond motifs is 1. The SMILES string of the molecule is NC(=O)[C@@H](Cc1c[nH]c2ccccc12)NC(=O)[C@H]1CNCCN1C(=O)N1CCOCC1. The summed E-state index contributed by atoms with van der Waals surface area (Å²) in [6.07, 6.45) is 2.09. The summed E-state index contributed by atoms with van der Waals surface area (Å²) < 4.78 is 5.31. The molecule has 31 heavy (non-hydrogen) atoms. The van der Waals surface area contributed by atoms with Crippen LogP contribution in [0.2, 0.25) is 0 Å². The van der Waals surface area contributed by atoms with Crippen LogP contribution in [-0.4, -0.2) is 90.7 Å². The number of aromatic nitrogens is 1. The molecule has 4 amide bonds. The van der Waals surface area contributed by atoms with Crippen LogP contribution in [0.4, 0.5) is 4.79 Å². The molecule has 10 heteroatoms. The van der Waals surface area contributed by atoms with Crippen molar-refractivity contribution in [2.24, 2.45) is 5.73 Å². The lowest BCUT2D eigenvalue weighted by atomic mass is 10.0. The number of ether oxygens (including phenoxy) is 1. The van der Waals surface area contributed by atoms with Crippen molar-refractivity contribution in [3.8, 4) is 0 Å². The Kier molecular flexibility index (Phi) is 6.38. The van der Waals surface area contributed by atoms with Gasteiger partial charge in [-0.15, -0.1) is 0 Å². The Bertz CT molecular complexity index is 954. The van der Waals surface area contributed by atoms with Crippen LogP contribution < -0.4 is 16.4 Å². The highest BCUT2D eigenvalue weighted by Crippen LogP contribution is 2.19. The molecule has 0 radical (unpaired) electrons. The summed E-state index contributed by atoms with van der Waals surface area (Å²) in [5, 5.41) is 6.91. The van der Waals surface area contributed by atoms with Crippen LogP contribution in [0.25, 0.3) is 10.9 Å². The Labute approximate surface area is 180 Å². The molecule has 3 heterocycles. The first-order valence-corrected chi connectivity index (χ1v) is 10.5. The molecule has 166 valence electrons. The van der Waals surface area contributed by atoms with Crippen molar-refractivity contribution in [3.05, 3.63) is 36.0 Å². The number of carbonyl (C=O) groups is 3. The maximum absolute atomic E-state index is 13.1. The Hall–Kier alpha value is -3.11. The molecule has 4 rings (SSSR count). The molecule has 0 aliphatic carbocycles. The van der Waals surface area contributed by atoms with Gasteiger partial charge in [-0.1, -0.05) is 18.2 Å². The van der Waals surface area contributed by atoms with Gasteiger partial charge in [0.15, 0.2) is 0 Å². The van der Waals surface area contributed by atoms with Crippen LogP contribution in [0.3, 0.4) is 0 Å². The second-order valence-corrected chi connectivity index (χ2v) is 7.82. The molecule has 1 aromatic heterocycles. The molecular formula is C21H28N6O4.